The van der Waals surface area contributed by atoms with Crippen molar-refractivity contribution in [3.8, 4) is 0 Å². The fourth-order valence-corrected chi connectivity index (χ4v) is 4.83. The molecule has 0 saturated carbocycles. The molecule has 0 aliphatic carbocycles. The van der Waals surface area contributed by atoms with Gasteiger partial charge in [0, 0.05) is 11.4 Å². The molecule has 1 aromatic heterocycles. The first-order valence-corrected chi connectivity index (χ1v) is 10.3. The second kappa shape index (κ2) is 8.59. The smallest absolute Gasteiger partial charge is 0.317 e. The van der Waals surface area contributed by atoms with E-state index < -0.39 is 5.54 Å². The molecule has 6 nitrogen and oxygen atoms in total. The molecule has 4 rings (SSSR count). The Morgan fingerprint density at radius 1 is 1.18 bits per heavy atom. The minimum absolute atomic E-state index is 0. The number of aromatic nitrogens is 1. The van der Waals surface area contributed by atoms with Gasteiger partial charge in [0.05, 0.1) is 17.7 Å². The topological polar surface area (TPSA) is 65.5 Å². The number of amides is 3. The molecule has 150 valence electrons. The number of piperidine rings is 1. The van der Waals surface area contributed by atoms with Gasteiger partial charge in [0.2, 0.25) is 0 Å². The van der Waals surface area contributed by atoms with E-state index in [1.54, 1.807) is 5.51 Å². The molecule has 0 radical (unpaired) electrons. The Kier molecular flexibility index (Phi) is 6.37. The fraction of sp³-hybridized carbons (Fsp3) is 0.450. The molecule has 1 spiro atoms. The summed E-state index contributed by atoms with van der Waals surface area (Å²) in [7, 11) is 0. The molecule has 8 heteroatoms. The minimum Gasteiger partial charge on any atom is -0.317 e. The van der Waals surface area contributed by atoms with Crippen LogP contribution in [0.15, 0.2) is 35.8 Å². The Bertz CT molecular complexity index is 836. The van der Waals surface area contributed by atoms with Gasteiger partial charge in [-0.3, -0.25) is 9.69 Å². The van der Waals surface area contributed by atoms with Crippen LogP contribution in [0.3, 0.4) is 0 Å². The van der Waals surface area contributed by atoms with Crippen molar-refractivity contribution in [2.75, 3.05) is 19.6 Å². The van der Waals surface area contributed by atoms with Gasteiger partial charge < -0.3 is 10.2 Å². The fourth-order valence-electron chi connectivity index (χ4n) is 4.06. The zero-order chi connectivity index (χ0) is 18.9. The number of carbonyl (C=O) groups excluding carboxylic acids is 2. The van der Waals surface area contributed by atoms with Gasteiger partial charge in [0.1, 0.15) is 5.54 Å². The number of benzene rings is 1. The summed E-state index contributed by atoms with van der Waals surface area (Å²) in [4.78, 5) is 35.1. The highest BCUT2D eigenvalue weighted by molar-refractivity contribution is 7.09. The number of hydrogen-bond donors (Lipinski definition) is 1. The van der Waals surface area contributed by atoms with E-state index in [9.17, 15) is 9.59 Å². The van der Waals surface area contributed by atoms with Crippen molar-refractivity contribution < 1.29 is 9.59 Å². The van der Waals surface area contributed by atoms with Crippen molar-refractivity contribution >= 4 is 35.7 Å². The van der Waals surface area contributed by atoms with Gasteiger partial charge in [-0.25, -0.2) is 9.78 Å². The summed E-state index contributed by atoms with van der Waals surface area (Å²) >= 11 is 1.50. The molecule has 2 fully saturated rings. The number of imide groups is 1. The Morgan fingerprint density at radius 3 is 2.54 bits per heavy atom. The van der Waals surface area contributed by atoms with E-state index in [-0.39, 0.29) is 24.3 Å². The molecule has 2 saturated heterocycles. The maximum absolute atomic E-state index is 13.4. The van der Waals surface area contributed by atoms with E-state index in [2.05, 4.69) is 22.4 Å². The van der Waals surface area contributed by atoms with Gasteiger partial charge in [0.25, 0.3) is 5.91 Å². The van der Waals surface area contributed by atoms with Crippen LogP contribution in [0.4, 0.5) is 4.79 Å². The Hall–Kier alpha value is -1.96. The van der Waals surface area contributed by atoms with Crippen LogP contribution in [0.1, 0.15) is 29.0 Å². The normalized spacial score (nSPS) is 18.6. The maximum atomic E-state index is 13.4. The summed E-state index contributed by atoms with van der Waals surface area (Å²) in [6.45, 7) is 4.32. The number of rotatable bonds is 5. The molecular formula is C20H25ClN4O2S. The molecule has 1 N–H and O–H groups in total. The predicted molar refractivity (Wildman–Crippen MR) is 112 cm³/mol. The molecular weight excluding hydrogens is 396 g/mol. The summed E-state index contributed by atoms with van der Waals surface area (Å²) in [5.41, 5.74) is 3.14. The van der Waals surface area contributed by atoms with E-state index in [1.807, 2.05) is 30.0 Å². The second-order valence-electron chi connectivity index (χ2n) is 7.20. The SMILES string of the molecule is Cc1ncsc1CN1C(=O)N(CCc2ccccc2)C2(CCNCC2)C1=O.Cl. The first-order valence-electron chi connectivity index (χ1n) is 9.39. The molecule has 2 aliphatic heterocycles. The number of hydrogen-bond acceptors (Lipinski definition) is 5. The molecule has 2 aliphatic rings. The molecule has 2 aromatic rings. The number of thiazole rings is 1. The van der Waals surface area contributed by atoms with Crippen LogP contribution >= 0.6 is 23.7 Å². The lowest BCUT2D eigenvalue weighted by Crippen LogP contribution is -2.56. The molecule has 3 heterocycles. The lowest BCUT2D eigenvalue weighted by molar-refractivity contribution is -0.134. The number of aryl methyl sites for hydroxylation is 1. The third-order valence-corrected chi connectivity index (χ3v) is 6.59. The number of nitrogens with zero attached hydrogens (tertiary/aromatic N) is 3. The summed E-state index contributed by atoms with van der Waals surface area (Å²) in [6, 6.07) is 9.97. The largest absolute Gasteiger partial charge is 0.328 e. The Morgan fingerprint density at radius 2 is 1.89 bits per heavy atom. The maximum Gasteiger partial charge on any atom is 0.328 e. The second-order valence-corrected chi connectivity index (χ2v) is 8.14. The molecule has 0 unspecified atom stereocenters. The molecule has 1 aromatic carbocycles. The number of nitrogens with one attached hydrogen (secondary N) is 1. The van der Waals surface area contributed by atoms with Crippen molar-refractivity contribution in [1.29, 1.82) is 0 Å². The van der Waals surface area contributed by atoms with Crippen molar-refractivity contribution in [1.82, 2.24) is 20.1 Å². The summed E-state index contributed by atoms with van der Waals surface area (Å²) in [6.07, 6.45) is 2.09. The van der Waals surface area contributed by atoms with Crippen LogP contribution < -0.4 is 5.32 Å². The summed E-state index contributed by atoms with van der Waals surface area (Å²) < 4.78 is 0. The van der Waals surface area contributed by atoms with Crippen molar-refractivity contribution in [3.05, 3.63) is 52.0 Å². The molecule has 28 heavy (non-hydrogen) atoms. The lowest BCUT2D eigenvalue weighted by Gasteiger charge is -2.38. The Balaban J connectivity index is 0.00000225. The van der Waals surface area contributed by atoms with E-state index in [4.69, 9.17) is 0 Å². The minimum atomic E-state index is -0.699. The zero-order valence-electron chi connectivity index (χ0n) is 15.9. The van der Waals surface area contributed by atoms with Crippen LogP contribution in [0.5, 0.6) is 0 Å². The van der Waals surface area contributed by atoms with E-state index >= 15 is 0 Å². The van der Waals surface area contributed by atoms with Crippen LogP contribution in [-0.4, -0.2) is 51.9 Å². The predicted octanol–water partition coefficient (Wildman–Crippen LogP) is 3.00. The quantitative estimate of drug-likeness (QED) is 0.755. The molecule has 0 bridgehead atoms. The highest BCUT2D eigenvalue weighted by Crippen LogP contribution is 2.37. The average Bonchev–Trinajstić information content (AvgIpc) is 3.18. The van der Waals surface area contributed by atoms with Gasteiger partial charge in [-0.2, -0.15) is 0 Å². The summed E-state index contributed by atoms with van der Waals surface area (Å²) in [5, 5.41) is 3.32. The van der Waals surface area contributed by atoms with Gasteiger partial charge in [0.15, 0.2) is 0 Å². The van der Waals surface area contributed by atoms with Crippen molar-refractivity contribution in [3.63, 3.8) is 0 Å². The highest BCUT2D eigenvalue weighted by atomic mass is 35.5. The average molecular weight is 421 g/mol. The van der Waals surface area contributed by atoms with Crippen molar-refractivity contribution in [2.24, 2.45) is 0 Å². The zero-order valence-corrected chi connectivity index (χ0v) is 17.5. The van der Waals surface area contributed by atoms with E-state index in [1.165, 1.54) is 21.8 Å². The number of carbonyl (C=O) groups is 2. The molecule has 3 amide bonds. The van der Waals surface area contributed by atoms with Crippen LogP contribution in [-0.2, 0) is 17.8 Å². The van der Waals surface area contributed by atoms with Crippen LogP contribution in [0, 0.1) is 6.92 Å². The van der Waals surface area contributed by atoms with E-state index in [0.717, 1.165) is 30.1 Å². The highest BCUT2D eigenvalue weighted by Gasteiger charge is 2.56. The van der Waals surface area contributed by atoms with Gasteiger partial charge in [-0.05, 0) is 44.8 Å². The number of halogens is 1. The first-order chi connectivity index (χ1) is 13.1. The van der Waals surface area contributed by atoms with E-state index in [0.29, 0.717) is 25.9 Å². The van der Waals surface area contributed by atoms with Gasteiger partial charge >= 0.3 is 6.03 Å². The molecule has 0 atom stereocenters. The van der Waals surface area contributed by atoms with Gasteiger partial charge in [-0.15, -0.1) is 23.7 Å². The number of urea groups is 1. The third kappa shape index (κ3) is 3.66. The Labute approximate surface area is 175 Å². The van der Waals surface area contributed by atoms with Crippen molar-refractivity contribution in [2.45, 2.75) is 38.3 Å². The van der Waals surface area contributed by atoms with Gasteiger partial charge in [-0.1, -0.05) is 30.3 Å². The van der Waals surface area contributed by atoms with Crippen LogP contribution in [0.2, 0.25) is 0 Å². The third-order valence-electron chi connectivity index (χ3n) is 5.67. The van der Waals surface area contributed by atoms with Crippen LogP contribution in [0.25, 0.3) is 0 Å². The summed E-state index contributed by atoms with van der Waals surface area (Å²) in [5.74, 6) is -0.0464. The lowest BCUT2D eigenvalue weighted by atomic mass is 9.86. The first kappa shape index (κ1) is 20.8. The monoisotopic (exact) mass is 420 g/mol. The standard InChI is InChI=1S/C20H24N4O2S.ClH/c1-15-17(27-14-22-15)13-23-18(25)20(8-10-21-11-9-20)24(19(23)26)12-7-16-5-3-2-4-6-16;/h2-6,14,21H,7-13H2,1H3;1H.